The van der Waals surface area contributed by atoms with Crippen LogP contribution in [0.4, 0.5) is 32.4 Å². The van der Waals surface area contributed by atoms with Gasteiger partial charge in [0, 0.05) is 5.56 Å². The second kappa shape index (κ2) is 10.1. The first-order valence-corrected chi connectivity index (χ1v) is 12.9. The van der Waals surface area contributed by atoms with Crippen molar-refractivity contribution in [2.45, 2.75) is 37.9 Å². The maximum Gasteiger partial charge on any atom is 0.416 e. The van der Waals surface area contributed by atoms with Crippen molar-refractivity contribution in [1.29, 1.82) is 0 Å². The quantitative estimate of drug-likeness (QED) is 0.331. The SMILES string of the molecule is CC(NC(=O)Oc1coc(Oc2cccc(C(F)(F)F)c2C2CC2)n1)c1cc(F)c(NS(C)(=O)=O)c(F)c1. The van der Waals surface area contributed by atoms with E-state index in [0.717, 1.165) is 30.7 Å². The number of nitrogens with zero attached hydrogens (tertiary/aromatic N) is 1. The number of halogens is 5. The Bertz CT molecular complexity index is 1450. The Morgan fingerprint density at radius 3 is 2.42 bits per heavy atom. The number of hydrogen-bond donors (Lipinski definition) is 2. The highest BCUT2D eigenvalue weighted by Gasteiger charge is 2.40. The van der Waals surface area contributed by atoms with Gasteiger partial charge in [0.15, 0.2) is 17.9 Å². The van der Waals surface area contributed by atoms with Gasteiger partial charge in [0.25, 0.3) is 5.88 Å². The molecule has 0 saturated heterocycles. The van der Waals surface area contributed by atoms with E-state index in [1.54, 1.807) is 4.72 Å². The molecule has 1 unspecified atom stereocenters. The summed E-state index contributed by atoms with van der Waals surface area (Å²) in [5.74, 6) is -3.20. The first-order chi connectivity index (χ1) is 17.7. The summed E-state index contributed by atoms with van der Waals surface area (Å²) >= 11 is 0. The first kappa shape index (κ1) is 27.2. The van der Waals surface area contributed by atoms with Crippen LogP contribution in [0.25, 0.3) is 0 Å². The van der Waals surface area contributed by atoms with Gasteiger partial charge in [-0.05, 0) is 55.5 Å². The number of aromatic nitrogens is 1. The van der Waals surface area contributed by atoms with Crippen LogP contribution < -0.4 is 19.5 Å². The number of amides is 1. The van der Waals surface area contributed by atoms with Gasteiger partial charge in [-0.1, -0.05) is 6.07 Å². The van der Waals surface area contributed by atoms with Crippen LogP contribution in [0.15, 0.2) is 41.0 Å². The van der Waals surface area contributed by atoms with Crippen LogP contribution >= 0.6 is 0 Å². The largest absolute Gasteiger partial charge is 0.416 e. The van der Waals surface area contributed by atoms with Crippen LogP contribution in [0.5, 0.6) is 17.7 Å². The molecule has 0 aliphatic heterocycles. The van der Waals surface area contributed by atoms with Gasteiger partial charge in [-0.3, -0.25) is 4.72 Å². The molecule has 1 heterocycles. The number of sulfonamides is 1. The van der Waals surface area contributed by atoms with Crippen LogP contribution in [0, 0.1) is 11.6 Å². The molecule has 1 aliphatic carbocycles. The van der Waals surface area contributed by atoms with Crippen molar-refractivity contribution in [2.75, 3.05) is 11.0 Å². The minimum Gasteiger partial charge on any atom is -0.413 e. The molecule has 38 heavy (non-hydrogen) atoms. The molecule has 204 valence electrons. The molecule has 0 radical (unpaired) electrons. The molecular weight excluding hydrogens is 541 g/mol. The topological polar surface area (TPSA) is 120 Å². The summed E-state index contributed by atoms with van der Waals surface area (Å²) in [7, 11) is -3.94. The molecule has 2 aromatic carbocycles. The number of benzene rings is 2. The summed E-state index contributed by atoms with van der Waals surface area (Å²) in [4.78, 5) is 16.0. The van der Waals surface area contributed by atoms with Crippen molar-refractivity contribution in [3.05, 3.63) is 64.9 Å². The van der Waals surface area contributed by atoms with Crippen molar-refractivity contribution in [2.24, 2.45) is 0 Å². The summed E-state index contributed by atoms with van der Waals surface area (Å²) < 4.78 is 108. The number of alkyl halides is 3. The third kappa shape index (κ3) is 6.51. The summed E-state index contributed by atoms with van der Waals surface area (Å²) in [5.41, 5.74) is -1.74. The average molecular weight is 561 g/mol. The van der Waals surface area contributed by atoms with E-state index in [1.807, 2.05) is 0 Å². The molecule has 1 aromatic heterocycles. The smallest absolute Gasteiger partial charge is 0.413 e. The van der Waals surface area contributed by atoms with Crippen molar-refractivity contribution in [3.63, 3.8) is 0 Å². The van der Waals surface area contributed by atoms with E-state index < -0.39 is 63.2 Å². The highest BCUT2D eigenvalue weighted by molar-refractivity contribution is 7.92. The standard InChI is InChI=1S/C23H20F5N3O6S/c1-11(13-8-15(24)20(16(25)9-13)31-38(2,33)34)29-21(32)37-18-10-35-22(30-18)36-17-5-3-4-14(23(26,27)28)19(17)12-6-7-12/h3-5,8-12,31H,6-7H2,1-2H3,(H,29,32). The van der Waals surface area contributed by atoms with Crippen LogP contribution in [0.1, 0.15) is 48.4 Å². The lowest BCUT2D eigenvalue weighted by atomic mass is 10.0. The Hall–Kier alpha value is -3.88. The maximum atomic E-state index is 14.2. The zero-order valence-electron chi connectivity index (χ0n) is 19.7. The van der Waals surface area contributed by atoms with Crippen LogP contribution in [0.2, 0.25) is 0 Å². The summed E-state index contributed by atoms with van der Waals surface area (Å²) in [6.45, 7) is 1.38. The lowest BCUT2D eigenvalue weighted by Gasteiger charge is -2.16. The van der Waals surface area contributed by atoms with Gasteiger partial charge in [-0.25, -0.2) is 22.0 Å². The second-order valence-corrected chi connectivity index (χ2v) is 10.3. The van der Waals surface area contributed by atoms with E-state index in [9.17, 15) is 35.2 Å². The predicted molar refractivity (Wildman–Crippen MR) is 122 cm³/mol. The van der Waals surface area contributed by atoms with E-state index in [1.165, 1.54) is 19.1 Å². The highest BCUT2D eigenvalue weighted by atomic mass is 32.2. The number of carbonyl (C=O) groups excluding carboxylic acids is 1. The normalized spacial score (nSPS) is 14.6. The molecule has 1 atom stereocenters. The third-order valence-corrected chi connectivity index (χ3v) is 5.97. The van der Waals surface area contributed by atoms with Gasteiger partial charge >= 0.3 is 18.3 Å². The monoisotopic (exact) mass is 561 g/mol. The van der Waals surface area contributed by atoms with E-state index in [4.69, 9.17) is 13.9 Å². The Morgan fingerprint density at radius 1 is 1.18 bits per heavy atom. The lowest BCUT2D eigenvalue weighted by molar-refractivity contribution is -0.138. The van der Waals surface area contributed by atoms with Crippen molar-refractivity contribution in [3.8, 4) is 17.7 Å². The summed E-state index contributed by atoms with van der Waals surface area (Å²) in [6.07, 6.45) is -3.39. The molecule has 1 fully saturated rings. The van der Waals surface area contributed by atoms with Gasteiger partial charge in [-0.2, -0.15) is 13.2 Å². The van der Waals surface area contributed by atoms with Gasteiger partial charge in [0.2, 0.25) is 10.0 Å². The van der Waals surface area contributed by atoms with E-state index in [-0.39, 0.29) is 22.8 Å². The molecule has 3 aromatic rings. The number of ether oxygens (including phenoxy) is 2. The van der Waals surface area contributed by atoms with Crippen LogP contribution in [-0.4, -0.2) is 25.8 Å². The number of rotatable bonds is 8. The van der Waals surface area contributed by atoms with E-state index >= 15 is 0 Å². The third-order valence-electron chi connectivity index (χ3n) is 5.40. The molecule has 1 aliphatic rings. The highest BCUT2D eigenvalue weighted by Crippen LogP contribution is 2.50. The number of hydrogen-bond acceptors (Lipinski definition) is 7. The molecule has 15 heteroatoms. The Morgan fingerprint density at radius 2 is 1.84 bits per heavy atom. The van der Waals surface area contributed by atoms with Gasteiger partial charge < -0.3 is 19.2 Å². The van der Waals surface area contributed by atoms with Crippen molar-refractivity contribution >= 4 is 21.8 Å². The van der Waals surface area contributed by atoms with Crippen molar-refractivity contribution in [1.82, 2.24) is 10.3 Å². The molecule has 0 spiro atoms. The summed E-state index contributed by atoms with van der Waals surface area (Å²) in [5, 5.41) is 2.30. The first-order valence-electron chi connectivity index (χ1n) is 11.0. The second-order valence-electron chi connectivity index (χ2n) is 8.53. The van der Waals surface area contributed by atoms with E-state index in [2.05, 4.69) is 10.3 Å². The van der Waals surface area contributed by atoms with Gasteiger partial charge in [0.05, 0.1) is 17.9 Å². The fourth-order valence-electron chi connectivity index (χ4n) is 3.61. The lowest BCUT2D eigenvalue weighted by Crippen LogP contribution is -2.29. The molecule has 1 amide bonds. The molecule has 9 nitrogen and oxygen atoms in total. The number of oxazole rings is 1. The molecule has 2 N–H and O–H groups in total. The fourth-order valence-corrected chi connectivity index (χ4v) is 4.18. The summed E-state index contributed by atoms with van der Waals surface area (Å²) in [6, 6.07) is 4.16. The molecule has 1 saturated carbocycles. The zero-order valence-corrected chi connectivity index (χ0v) is 20.5. The Labute approximate surface area is 213 Å². The number of carbonyl (C=O) groups is 1. The number of anilines is 1. The Kier molecular flexibility index (Phi) is 7.23. The maximum absolute atomic E-state index is 14.2. The minimum absolute atomic E-state index is 0.00976. The van der Waals surface area contributed by atoms with Crippen molar-refractivity contribution < 1.29 is 49.1 Å². The zero-order chi connectivity index (χ0) is 27.8. The van der Waals surface area contributed by atoms with Gasteiger partial charge in [-0.15, -0.1) is 4.98 Å². The Balaban J connectivity index is 1.42. The van der Waals surface area contributed by atoms with Gasteiger partial charge in [0.1, 0.15) is 11.4 Å². The molecule has 4 rings (SSSR count). The fraction of sp³-hybridized carbons (Fsp3) is 0.304. The molecular formula is C23H20F5N3O6S. The minimum atomic E-state index is -4.58. The number of nitrogens with one attached hydrogen (secondary N) is 2. The predicted octanol–water partition coefficient (Wildman–Crippen LogP) is 5.86. The van der Waals surface area contributed by atoms with Crippen LogP contribution in [-0.2, 0) is 16.2 Å². The molecule has 0 bridgehead atoms. The average Bonchev–Trinajstić information content (AvgIpc) is 3.55. The van der Waals surface area contributed by atoms with Crippen LogP contribution in [0.3, 0.4) is 0 Å². The van der Waals surface area contributed by atoms with E-state index in [0.29, 0.717) is 12.8 Å².